The summed E-state index contributed by atoms with van der Waals surface area (Å²) in [6.45, 7) is 7.59. The van der Waals surface area contributed by atoms with E-state index < -0.39 is 0 Å². The number of hydrogen-bond donors (Lipinski definition) is 1. The first-order chi connectivity index (χ1) is 9.76. The Morgan fingerprint density at radius 1 is 1.10 bits per heavy atom. The number of nitrogens with zero attached hydrogens (tertiary/aromatic N) is 1. The van der Waals surface area contributed by atoms with Crippen LogP contribution < -0.4 is 5.32 Å². The summed E-state index contributed by atoms with van der Waals surface area (Å²) in [5.41, 5.74) is 0. The minimum absolute atomic E-state index is 0.811. The Hall–Kier alpha value is -0.120. The molecule has 0 radical (unpaired) electrons. The molecular weight excluding hydrogens is 248 g/mol. The Morgan fingerprint density at radius 2 is 1.80 bits per heavy atom. The highest BCUT2D eigenvalue weighted by atomic mass is 16.5. The summed E-state index contributed by atoms with van der Waals surface area (Å²) in [7, 11) is 4.02. The Labute approximate surface area is 126 Å². The van der Waals surface area contributed by atoms with E-state index in [0.29, 0.717) is 0 Å². The first-order valence-electron chi connectivity index (χ1n) is 8.64. The monoisotopic (exact) mass is 284 g/mol. The normalized spacial score (nSPS) is 23.4. The van der Waals surface area contributed by atoms with Gasteiger partial charge in [-0.1, -0.05) is 39.0 Å². The lowest BCUT2D eigenvalue weighted by atomic mass is 9.79. The van der Waals surface area contributed by atoms with E-state index in [1.807, 2.05) is 0 Å². The van der Waals surface area contributed by atoms with Gasteiger partial charge in [0.2, 0.25) is 0 Å². The van der Waals surface area contributed by atoms with Crippen molar-refractivity contribution in [2.24, 2.45) is 11.8 Å². The van der Waals surface area contributed by atoms with E-state index in [1.54, 1.807) is 7.11 Å². The summed E-state index contributed by atoms with van der Waals surface area (Å²) in [6, 6.07) is 0. The lowest BCUT2D eigenvalue weighted by Crippen LogP contribution is -2.34. The van der Waals surface area contributed by atoms with Crippen LogP contribution in [0.25, 0.3) is 0 Å². The van der Waals surface area contributed by atoms with Crippen molar-refractivity contribution in [2.45, 2.75) is 51.9 Å². The van der Waals surface area contributed by atoms with Gasteiger partial charge in [0.15, 0.2) is 0 Å². The van der Waals surface area contributed by atoms with Gasteiger partial charge in [-0.05, 0) is 31.7 Å². The fourth-order valence-corrected chi connectivity index (χ4v) is 3.30. The van der Waals surface area contributed by atoms with E-state index >= 15 is 0 Å². The van der Waals surface area contributed by atoms with E-state index in [9.17, 15) is 0 Å². The van der Waals surface area contributed by atoms with Gasteiger partial charge in [0.1, 0.15) is 0 Å². The number of likely N-dealkylation sites (N-methyl/N-ethyl adjacent to an activating group) is 1. The molecule has 0 aromatic rings. The van der Waals surface area contributed by atoms with Crippen molar-refractivity contribution in [2.75, 3.05) is 46.9 Å². The number of nitrogens with one attached hydrogen (secondary N) is 1. The van der Waals surface area contributed by atoms with Gasteiger partial charge in [0, 0.05) is 33.3 Å². The molecule has 0 unspecified atom stereocenters. The van der Waals surface area contributed by atoms with Crippen LogP contribution >= 0.6 is 0 Å². The Balaban J connectivity index is 2.01. The van der Waals surface area contributed by atoms with Gasteiger partial charge in [-0.25, -0.2) is 0 Å². The molecule has 1 rings (SSSR count). The topological polar surface area (TPSA) is 24.5 Å². The predicted octanol–water partition coefficient (Wildman–Crippen LogP) is 3.15. The van der Waals surface area contributed by atoms with Crippen molar-refractivity contribution in [1.82, 2.24) is 10.2 Å². The largest absolute Gasteiger partial charge is 0.383 e. The Kier molecular flexibility index (Phi) is 10.3. The smallest absolute Gasteiger partial charge is 0.0587 e. The van der Waals surface area contributed by atoms with Gasteiger partial charge < -0.3 is 15.0 Å². The summed E-state index contributed by atoms with van der Waals surface area (Å²) in [4.78, 5) is 2.50. The molecule has 1 saturated carbocycles. The van der Waals surface area contributed by atoms with Crippen molar-refractivity contribution in [3.8, 4) is 0 Å². The van der Waals surface area contributed by atoms with E-state index in [0.717, 1.165) is 38.1 Å². The van der Waals surface area contributed by atoms with Crippen LogP contribution in [-0.2, 0) is 4.74 Å². The summed E-state index contributed by atoms with van der Waals surface area (Å²) in [6.07, 6.45) is 10.1. The SMILES string of the molecule is CCCCC1CCC(CN(C)CCNCCOC)CC1. The number of unbranched alkanes of at least 4 members (excludes halogenated alkanes) is 1. The van der Waals surface area contributed by atoms with Crippen molar-refractivity contribution in [3.63, 3.8) is 0 Å². The lowest BCUT2D eigenvalue weighted by Gasteiger charge is -2.31. The molecule has 3 nitrogen and oxygen atoms in total. The van der Waals surface area contributed by atoms with Crippen LogP contribution in [0, 0.1) is 11.8 Å². The van der Waals surface area contributed by atoms with Gasteiger partial charge in [0.25, 0.3) is 0 Å². The number of hydrogen-bond acceptors (Lipinski definition) is 3. The third-order valence-electron chi connectivity index (χ3n) is 4.66. The zero-order valence-corrected chi connectivity index (χ0v) is 14.0. The molecule has 1 N–H and O–H groups in total. The van der Waals surface area contributed by atoms with Crippen molar-refractivity contribution in [1.29, 1.82) is 0 Å². The summed E-state index contributed by atoms with van der Waals surface area (Å²) in [5.74, 6) is 1.98. The molecule has 20 heavy (non-hydrogen) atoms. The molecule has 0 aliphatic heterocycles. The van der Waals surface area contributed by atoms with Crippen LogP contribution in [0.2, 0.25) is 0 Å². The van der Waals surface area contributed by atoms with Crippen LogP contribution in [0.3, 0.4) is 0 Å². The van der Waals surface area contributed by atoms with Gasteiger partial charge in [0.05, 0.1) is 6.61 Å². The molecule has 0 bridgehead atoms. The maximum atomic E-state index is 5.03. The Morgan fingerprint density at radius 3 is 2.45 bits per heavy atom. The molecule has 120 valence electrons. The number of ether oxygens (including phenoxy) is 1. The fraction of sp³-hybridized carbons (Fsp3) is 1.00. The average molecular weight is 284 g/mol. The standard InChI is InChI=1S/C17H36N2O/c1-4-5-6-16-7-9-17(10-8-16)15-19(2)13-11-18-12-14-20-3/h16-18H,4-15H2,1-3H3. The molecule has 0 heterocycles. The van der Waals surface area contributed by atoms with E-state index in [1.165, 1.54) is 51.5 Å². The molecular formula is C17H36N2O. The van der Waals surface area contributed by atoms with Crippen molar-refractivity contribution >= 4 is 0 Å². The second-order valence-corrected chi connectivity index (χ2v) is 6.53. The second kappa shape index (κ2) is 11.5. The van der Waals surface area contributed by atoms with E-state index in [4.69, 9.17) is 4.74 Å². The Bertz CT molecular complexity index is 215. The van der Waals surface area contributed by atoms with Gasteiger partial charge in [-0.15, -0.1) is 0 Å². The molecule has 3 heteroatoms. The highest BCUT2D eigenvalue weighted by Gasteiger charge is 2.21. The predicted molar refractivity (Wildman–Crippen MR) is 87.2 cm³/mol. The van der Waals surface area contributed by atoms with Crippen LogP contribution in [0.15, 0.2) is 0 Å². The number of methoxy groups -OCH3 is 1. The van der Waals surface area contributed by atoms with Crippen molar-refractivity contribution < 1.29 is 4.74 Å². The third kappa shape index (κ3) is 8.23. The first-order valence-corrected chi connectivity index (χ1v) is 8.64. The lowest BCUT2D eigenvalue weighted by molar-refractivity contribution is 0.188. The average Bonchev–Trinajstić information content (AvgIpc) is 2.46. The van der Waals surface area contributed by atoms with Crippen LogP contribution in [0.5, 0.6) is 0 Å². The van der Waals surface area contributed by atoms with Crippen LogP contribution in [-0.4, -0.2) is 51.8 Å². The van der Waals surface area contributed by atoms with E-state index in [2.05, 4.69) is 24.2 Å². The zero-order valence-electron chi connectivity index (χ0n) is 14.0. The minimum atomic E-state index is 0.811. The van der Waals surface area contributed by atoms with Crippen LogP contribution in [0.4, 0.5) is 0 Å². The molecule has 1 fully saturated rings. The highest BCUT2D eigenvalue weighted by Crippen LogP contribution is 2.32. The third-order valence-corrected chi connectivity index (χ3v) is 4.66. The molecule has 0 aromatic carbocycles. The van der Waals surface area contributed by atoms with Gasteiger partial charge in [-0.2, -0.15) is 0 Å². The van der Waals surface area contributed by atoms with Gasteiger partial charge in [-0.3, -0.25) is 0 Å². The maximum absolute atomic E-state index is 5.03. The molecule has 0 amide bonds. The maximum Gasteiger partial charge on any atom is 0.0587 e. The molecule has 0 saturated heterocycles. The highest BCUT2D eigenvalue weighted by molar-refractivity contribution is 4.74. The fourth-order valence-electron chi connectivity index (χ4n) is 3.30. The number of rotatable bonds is 11. The molecule has 1 aliphatic rings. The minimum Gasteiger partial charge on any atom is -0.383 e. The van der Waals surface area contributed by atoms with Gasteiger partial charge >= 0.3 is 0 Å². The quantitative estimate of drug-likeness (QED) is 0.590. The molecule has 0 aromatic heterocycles. The molecule has 1 aliphatic carbocycles. The molecule has 0 atom stereocenters. The summed E-state index contributed by atoms with van der Waals surface area (Å²) in [5, 5.41) is 3.42. The summed E-state index contributed by atoms with van der Waals surface area (Å²) >= 11 is 0. The molecule has 0 spiro atoms. The van der Waals surface area contributed by atoms with E-state index in [-0.39, 0.29) is 0 Å². The van der Waals surface area contributed by atoms with Crippen LogP contribution in [0.1, 0.15) is 51.9 Å². The second-order valence-electron chi connectivity index (χ2n) is 6.53. The first kappa shape index (κ1) is 17.9. The van der Waals surface area contributed by atoms with Crippen molar-refractivity contribution in [3.05, 3.63) is 0 Å². The zero-order chi connectivity index (χ0) is 14.6. The summed E-state index contributed by atoms with van der Waals surface area (Å²) < 4.78 is 5.03.